The molecular weight excluding hydrogens is 328 g/mol. The Kier molecular flexibility index (Phi) is 5.97. The summed E-state index contributed by atoms with van der Waals surface area (Å²) in [5, 5.41) is 0. The average Bonchev–Trinajstić information content (AvgIpc) is 2.55. The molecule has 0 N–H and O–H groups in total. The lowest BCUT2D eigenvalue weighted by Crippen LogP contribution is -2.03. The number of halogens is 1. The first-order valence-electron chi connectivity index (χ1n) is 7.06. The lowest BCUT2D eigenvalue weighted by molar-refractivity contribution is 0.603. The molecule has 2 aromatic rings. The SMILES string of the molecule is Cc1ccc(S(=O)(=O)C(/C=C/Cl)=C/C=C/c2ccccc2)cc1. The van der Waals surface area contributed by atoms with Crippen LogP contribution in [0.15, 0.2) is 88.2 Å². The van der Waals surface area contributed by atoms with Gasteiger partial charge in [0.1, 0.15) is 0 Å². The normalized spacial score (nSPS) is 13.0. The number of hydrogen-bond acceptors (Lipinski definition) is 2. The van der Waals surface area contributed by atoms with Gasteiger partial charge in [-0.05, 0) is 36.8 Å². The zero-order chi connectivity index (χ0) is 16.7. The highest BCUT2D eigenvalue weighted by Gasteiger charge is 2.17. The van der Waals surface area contributed by atoms with E-state index in [0.29, 0.717) is 0 Å². The first-order chi connectivity index (χ1) is 11.0. The predicted octanol–water partition coefficient (Wildman–Crippen LogP) is 5.12. The van der Waals surface area contributed by atoms with Crippen molar-refractivity contribution < 1.29 is 8.42 Å². The van der Waals surface area contributed by atoms with Crippen molar-refractivity contribution in [2.45, 2.75) is 11.8 Å². The molecule has 0 aliphatic carbocycles. The lowest BCUT2D eigenvalue weighted by atomic mass is 10.2. The highest BCUT2D eigenvalue weighted by Crippen LogP contribution is 2.21. The molecule has 2 aromatic carbocycles. The Morgan fingerprint density at radius 1 is 1.00 bits per heavy atom. The van der Waals surface area contributed by atoms with Crippen LogP contribution < -0.4 is 0 Å². The van der Waals surface area contributed by atoms with E-state index < -0.39 is 9.84 Å². The summed E-state index contributed by atoms with van der Waals surface area (Å²) >= 11 is 5.60. The predicted molar refractivity (Wildman–Crippen MR) is 96.9 cm³/mol. The lowest BCUT2D eigenvalue weighted by Gasteiger charge is -2.05. The van der Waals surface area contributed by atoms with Crippen molar-refractivity contribution in [2.24, 2.45) is 0 Å². The van der Waals surface area contributed by atoms with Crippen LogP contribution in [0.2, 0.25) is 0 Å². The standard InChI is InChI=1S/C19H17ClO2S/c1-16-10-12-19(13-11-16)23(21,22)18(14-15-20)9-5-8-17-6-3-2-4-7-17/h2-15H,1H3/b8-5+,15-14+,18-9+. The zero-order valence-electron chi connectivity index (χ0n) is 12.7. The average molecular weight is 345 g/mol. The molecule has 0 fully saturated rings. The molecule has 0 saturated carbocycles. The van der Waals surface area contributed by atoms with E-state index in [-0.39, 0.29) is 9.80 Å². The van der Waals surface area contributed by atoms with Crippen molar-refractivity contribution in [1.82, 2.24) is 0 Å². The Hall–Kier alpha value is -2.10. The van der Waals surface area contributed by atoms with E-state index in [4.69, 9.17) is 11.6 Å². The molecule has 0 aliphatic heterocycles. The van der Waals surface area contributed by atoms with E-state index >= 15 is 0 Å². The van der Waals surface area contributed by atoms with Gasteiger partial charge in [-0.2, -0.15) is 0 Å². The smallest absolute Gasteiger partial charge is 0.206 e. The molecule has 23 heavy (non-hydrogen) atoms. The van der Waals surface area contributed by atoms with Crippen molar-refractivity contribution in [3.63, 3.8) is 0 Å². The summed E-state index contributed by atoms with van der Waals surface area (Å²) in [6.07, 6.45) is 6.47. The van der Waals surface area contributed by atoms with Gasteiger partial charge in [-0.15, -0.1) is 0 Å². The Morgan fingerprint density at radius 3 is 2.26 bits per heavy atom. The molecule has 0 aliphatic rings. The largest absolute Gasteiger partial charge is 0.219 e. The Morgan fingerprint density at radius 2 is 1.65 bits per heavy atom. The number of aryl methyl sites for hydroxylation is 1. The van der Waals surface area contributed by atoms with Crippen LogP contribution >= 0.6 is 11.6 Å². The Balaban J connectivity index is 2.35. The summed E-state index contributed by atoms with van der Waals surface area (Å²) < 4.78 is 25.3. The second-order valence-electron chi connectivity index (χ2n) is 4.95. The van der Waals surface area contributed by atoms with E-state index in [2.05, 4.69) is 0 Å². The molecule has 0 heterocycles. The molecule has 0 amide bonds. The van der Waals surface area contributed by atoms with Crippen LogP contribution in [0.3, 0.4) is 0 Å². The number of sulfone groups is 1. The van der Waals surface area contributed by atoms with Crippen molar-refractivity contribution >= 4 is 27.5 Å². The highest BCUT2D eigenvalue weighted by molar-refractivity contribution is 7.95. The van der Waals surface area contributed by atoms with E-state index in [1.807, 2.05) is 43.3 Å². The topological polar surface area (TPSA) is 34.1 Å². The van der Waals surface area contributed by atoms with Gasteiger partial charge in [-0.3, -0.25) is 0 Å². The monoisotopic (exact) mass is 344 g/mol. The van der Waals surface area contributed by atoms with Gasteiger partial charge in [0.05, 0.1) is 9.80 Å². The molecule has 0 unspecified atom stereocenters. The molecular formula is C19H17ClO2S. The molecule has 118 valence electrons. The van der Waals surface area contributed by atoms with Crippen LogP contribution in [0, 0.1) is 6.92 Å². The quantitative estimate of drug-likeness (QED) is 0.705. The molecule has 0 saturated heterocycles. The summed E-state index contributed by atoms with van der Waals surface area (Å²) in [5.41, 5.74) is 3.20. The van der Waals surface area contributed by atoms with E-state index in [9.17, 15) is 8.42 Å². The number of rotatable bonds is 5. The van der Waals surface area contributed by atoms with Crippen LogP contribution in [0.5, 0.6) is 0 Å². The Labute approximate surface area is 142 Å². The van der Waals surface area contributed by atoms with Gasteiger partial charge in [-0.1, -0.05) is 71.8 Å². The van der Waals surface area contributed by atoms with Crippen LogP contribution in [0.1, 0.15) is 11.1 Å². The van der Waals surface area contributed by atoms with Gasteiger partial charge in [-0.25, -0.2) is 8.42 Å². The third-order valence-electron chi connectivity index (χ3n) is 3.22. The minimum atomic E-state index is -3.60. The fraction of sp³-hybridized carbons (Fsp3) is 0.0526. The zero-order valence-corrected chi connectivity index (χ0v) is 14.3. The van der Waals surface area contributed by atoms with Gasteiger partial charge >= 0.3 is 0 Å². The van der Waals surface area contributed by atoms with Crippen LogP contribution in [-0.2, 0) is 9.84 Å². The minimum Gasteiger partial charge on any atom is -0.219 e. The van der Waals surface area contributed by atoms with Crippen LogP contribution in [0.25, 0.3) is 6.08 Å². The molecule has 0 spiro atoms. The van der Waals surface area contributed by atoms with Crippen molar-refractivity contribution in [1.29, 1.82) is 0 Å². The third kappa shape index (κ3) is 4.68. The van der Waals surface area contributed by atoms with Gasteiger partial charge in [0, 0.05) is 5.54 Å². The molecule has 2 rings (SSSR count). The minimum absolute atomic E-state index is 0.142. The fourth-order valence-electron chi connectivity index (χ4n) is 1.97. The summed E-state index contributed by atoms with van der Waals surface area (Å²) in [6, 6.07) is 16.4. The molecule has 4 heteroatoms. The van der Waals surface area contributed by atoms with Crippen LogP contribution in [-0.4, -0.2) is 8.42 Å². The molecule has 0 radical (unpaired) electrons. The first-order valence-corrected chi connectivity index (χ1v) is 8.98. The molecule has 2 nitrogen and oxygen atoms in total. The van der Waals surface area contributed by atoms with Crippen LogP contribution in [0.4, 0.5) is 0 Å². The Bertz CT molecular complexity index is 831. The van der Waals surface area contributed by atoms with Crippen molar-refractivity contribution in [3.8, 4) is 0 Å². The second kappa shape index (κ2) is 7.95. The van der Waals surface area contributed by atoms with E-state index in [0.717, 1.165) is 11.1 Å². The van der Waals surface area contributed by atoms with E-state index in [1.165, 1.54) is 11.6 Å². The maximum atomic E-state index is 12.7. The molecule has 0 bridgehead atoms. The van der Waals surface area contributed by atoms with Gasteiger partial charge in [0.15, 0.2) is 0 Å². The maximum Gasteiger partial charge on any atom is 0.206 e. The summed E-state index contributed by atoms with van der Waals surface area (Å²) in [7, 11) is -3.60. The van der Waals surface area contributed by atoms with Crippen molar-refractivity contribution in [2.75, 3.05) is 0 Å². The number of hydrogen-bond donors (Lipinski definition) is 0. The first kappa shape index (κ1) is 17.3. The number of allylic oxidation sites excluding steroid dienone is 3. The van der Waals surface area contributed by atoms with Crippen molar-refractivity contribution in [3.05, 3.63) is 94.4 Å². The third-order valence-corrected chi connectivity index (χ3v) is 5.13. The summed E-state index contributed by atoms with van der Waals surface area (Å²) in [4.78, 5) is 0.390. The van der Waals surface area contributed by atoms with Gasteiger partial charge in [0.2, 0.25) is 9.84 Å². The molecule has 0 aromatic heterocycles. The van der Waals surface area contributed by atoms with E-state index in [1.54, 1.807) is 36.4 Å². The maximum absolute atomic E-state index is 12.7. The summed E-state index contributed by atoms with van der Waals surface area (Å²) in [6.45, 7) is 1.91. The molecule has 0 atom stereocenters. The highest BCUT2D eigenvalue weighted by atomic mass is 35.5. The number of benzene rings is 2. The summed E-state index contributed by atoms with van der Waals surface area (Å²) in [5.74, 6) is 0. The second-order valence-corrected chi connectivity index (χ2v) is 7.15. The van der Waals surface area contributed by atoms with Gasteiger partial charge < -0.3 is 0 Å². The fourth-order valence-corrected chi connectivity index (χ4v) is 3.45. The van der Waals surface area contributed by atoms with Gasteiger partial charge in [0.25, 0.3) is 0 Å².